The molecule has 0 heterocycles. The van der Waals surface area contributed by atoms with Gasteiger partial charge < -0.3 is 16.4 Å². The molecule has 1 fully saturated rings. The molecule has 0 aliphatic heterocycles. The molecule has 0 bridgehead atoms. The fourth-order valence-electron chi connectivity index (χ4n) is 1.86. The number of carbonyl (C=O) groups is 1. The molecule has 114 valence electrons. The molecule has 1 unspecified atom stereocenters. The zero-order chi connectivity index (χ0) is 15.4. The van der Waals surface area contributed by atoms with Gasteiger partial charge in [-0.1, -0.05) is 29.3 Å². The smallest absolute Gasteiger partial charge is 0.242 e. The van der Waals surface area contributed by atoms with Crippen molar-refractivity contribution < 1.29 is 4.79 Å². The van der Waals surface area contributed by atoms with Crippen LogP contribution in [0.1, 0.15) is 31.4 Å². The SMILES string of the molecule is CC(NC(N)=NCC(=O)NC1CC1)c1ccc(Cl)cc1Cl. The fraction of sp³-hybridized carbons (Fsp3) is 0.429. The summed E-state index contributed by atoms with van der Waals surface area (Å²) in [6, 6.07) is 5.46. The number of nitrogens with two attached hydrogens (primary N) is 1. The maximum atomic E-state index is 11.5. The van der Waals surface area contributed by atoms with E-state index < -0.39 is 0 Å². The highest BCUT2D eigenvalue weighted by Crippen LogP contribution is 2.25. The van der Waals surface area contributed by atoms with E-state index in [1.165, 1.54) is 0 Å². The van der Waals surface area contributed by atoms with Crippen molar-refractivity contribution in [1.29, 1.82) is 0 Å². The van der Waals surface area contributed by atoms with Crippen LogP contribution in [0.3, 0.4) is 0 Å². The molecule has 2 rings (SSSR count). The van der Waals surface area contributed by atoms with Gasteiger partial charge in [0.2, 0.25) is 5.91 Å². The normalized spacial score (nSPS) is 16.4. The van der Waals surface area contributed by atoms with Gasteiger partial charge in [0.25, 0.3) is 0 Å². The number of halogens is 2. The Balaban J connectivity index is 1.88. The van der Waals surface area contributed by atoms with Crippen LogP contribution < -0.4 is 16.4 Å². The summed E-state index contributed by atoms with van der Waals surface area (Å²) in [7, 11) is 0. The molecule has 1 aromatic carbocycles. The summed E-state index contributed by atoms with van der Waals surface area (Å²) < 4.78 is 0. The zero-order valence-electron chi connectivity index (χ0n) is 11.7. The van der Waals surface area contributed by atoms with Crippen LogP contribution in [0.15, 0.2) is 23.2 Å². The van der Waals surface area contributed by atoms with Gasteiger partial charge in [0.05, 0.1) is 6.04 Å². The largest absolute Gasteiger partial charge is 0.370 e. The summed E-state index contributed by atoms with van der Waals surface area (Å²) >= 11 is 12.0. The van der Waals surface area contributed by atoms with Crippen LogP contribution in [0.5, 0.6) is 0 Å². The summed E-state index contributed by atoms with van der Waals surface area (Å²) in [6.45, 7) is 1.93. The molecular weight excluding hydrogens is 311 g/mol. The summed E-state index contributed by atoms with van der Waals surface area (Å²) in [5.74, 6) is 0.0962. The van der Waals surface area contributed by atoms with Crippen LogP contribution in [0.4, 0.5) is 0 Å². The first-order valence-corrected chi connectivity index (χ1v) is 7.52. The number of amides is 1. The van der Waals surface area contributed by atoms with E-state index >= 15 is 0 Å². The summed E-state index contributed by atoms with van der Waals surface area (Å²) in [5.41, 5.74) is 6.64. The number of nitrogens with one attached hydrogen (secondary N) is 2. The highest BCUT2D eigenvalue weighted by Gasteiger charge is 2.22. The van der Waals surface area contributed by atoms with Crippen molar-refractivity contribution in [3.8, 4) is 0 Å². The van der Waals surface area contributed by atoms with Crippen LogP contribution in [0.2, 0.25) is 10.0 Å². The standard InChI is InChI=1S/C14H18Cl2N4O/c1-8(11-5-2-9(15)6-12(11)16)19-14(17)18-7-13(21)20-10-3-4-10/h2,5-6,8,10H,3-4,7H2,1H3,(H,20,21)(H3,17,18,19). The predicted molar refractivity (Wildman–Crippen MR) is 85.7 cm³/mol. The maximum absolute atomic E-state index is 11.5. The first kappa shape index (κ1) is 15.9. The quantitative estimate of drug-likeness (QED) is 0.572. The topological polar surface area (TPSA) is 79.5 Å². The van der Waals surface area contributed by atoms with Crippen molar-refractivity contribution in [1.82, 2.24) is 10.6 Å². The Hall–Kier alpha value is -1.46. The van der Waals surface area contributed by atoms with Gasteiger partial charge in [-0.25, -0.2) is 4.99 Å². The molecule has 5 nitrogen and oxygen atoms in total. The number of benzene rings is 1. The minimum absolute atomic E-state index is 0.0242. The Kier molecular flexibility index (Phi) is 5.31. The van der Waals surface area contributed by atoms with E-state index in [-0.39, 0.29) is 24.5 Å². The van der Waals surface area contributed by atoms with Crippen molar-refractivity contribution >= 4 is 35.1 Å². The number of hydrogen-bond acceptors (Lipinski definition) is 2. The van der Waals surface area contributed by atoms with Crippen LogP contribution in [-0.2, 0) is 4.79 Å². The minimum atomic E-state index is -0.134. The summed E-state index contributed by atoms with van der Waals surface area (Å²) in [4.78, 5) is 15.5. The Morgan fingerprint density at radius 3 is 2.81 bits per heavy atom. The summed E-state index contributed by atoms with van der Waals surface area (Å²) in [5, 5.41) is 6.98. The lowest BCUT2D eigenvalue weighted by Gasteiger charge is -2.16. The van der Waals surface area contributed by atoms with Crippen molar-refractivity contribution in [2.24, 2.45) is 10.7 Å². The number of aliphatic imine (C=N–C) groups is 1. The Labute approximate surface area is 133 Å². The molecule has 0 radical (unpaired) electrons. The van der Waals surface area contributed by atoms with E-state index in [1.807, 2.05) is 13.0 Å². The lowest BCUT2D eigenvalue weighted by atomic mass is 10.1. The second-order valence-corrected chi connectivity index (χ2v) is 5.92. The molecule has 1 aliphatic carbocycles. The number of hydrogen-bond donors (Lipinski definition) is 3. The molecule has 1 atom stereocenters. The first-order chi connectivity index (χ1) is 9.95. The Bertz CT molecular complexity index is 558. The third kappa shape index (κ3) is 5.10. The fourth-order valence-corrected chi connectivity index (χ4v) is 2.43. The highest BCUT2D eigenvalue weighted by atomic mass is 35.5. The molecule has 1 aromatic rings. The average Bonchev–Trinajstić information content (AvgIpc) is 3.20. The van der Waals surface area contributed by atoms with Gasteiger partial charge >= 0.3 is 0 Å². The van der Waals surface area contributed by atoms with Gasteiger partial charge in [-0.3, -0.25) is 4.79 Å². The molecule has 0 spiro atoms. The first-order valence-electron chi connectivity index (χ1n) is 6.76. The zero-order valence-corrected chi connectivity index (χ0v) is 13.2. The van der Waals surface area contributed by atoms with Crippen LogP contribution >= 0.6 is 23.2 Å². The van der Waals surface area contributed by atoms with Crippen LogP contribution in [-0.4, -0.2) is 24.5 Å². The molecule has 1 aliphatic rings. The van der Waals surface area contributed by atoms with Gasteiger partial charge in [-0.2, -0.15) is 0 Å². The van der Waals surface area contributed by atoms with Gasteiger partial charge in [0.1, 0.15) is 6.54 Å². The predicted octanol–water partition coefficient (Wildman–Crippen LogP) is 2.24. The van der Waals surface area contributed by atoms with E-state index in [4.69, 9.17) is 28.9 Å². The lowest BCUT2D eigenvalue weighted by Crippen LogP contribution is -2.36. The van der Waals surface area contributed by atoms with Gasteiger partial charge in [0, 0.05) is 16.1 Å². The molecular formula is C14H18Cl2N4O. The molecule has 21 heavy (non-hydrogen) atoms. The number of rotatable bonds is 5. The van der Waals surface area contributed by atoms with Crippen molar-refractivity contribution in [3.05, 3.63) is 33.8 Å². The Morgan fingerprint density at radius 1 is 1.48 bits per heavy atom. The third-order valence-electron chi connectivity index (χ3n) is 3.13. The lowest BCUT2D eigenvalue weighted by molar-refractivity contribution is -0.119. The summed E-state index contributed by atoms with van der Waals surface area (Å²) in [6.07, 6.45) is 2.10. The molecule has 1 saturated carbocycles. The average molecular weight is 329 g/mol. The van der Waals surface area contributed by atoms with E-state index in [0.29, 0.717) is 16.1 Å². The number of nitrogens with zero attached hydrogens (tertiary/aromatic N) is 1. The minimum Gasteiger partial charge on any atom is -0.370 e. The second-order valence-electron chi connectivity index (χ2n) is 5.08. The van der Waals surface area contributed by atoms with E-state index in [1.54, 1.807) is 12.1 Å². The van der Waals surface area contributed by atoms with Gasteiger partial charge in [-0.05, 0) is 37.5 Å². The van der Waals surface area contributed by atoms with E-state index in [9.17, 15) is 4.79 Å². The van der Waals surface area contributed by atoms with Crippen molar-refractivity contribution in [2.75, 3.05) is 6.54 Å². The van der Waals surface area contributed by atoms with E-state index in [2.05, 4.69) is 15.6 Å². The van der Waals surface area contributed by atoms with Crippen molar-refractivity contribution in [3.63, 3.8) is 0 Å². The third-order valence-corrected chi connectivity index (χ3v) is 3.69. The van der Waals surface area contributed by atoms with Crippen molar-refractivity contribution in [2.45, 2.75) is 31.8 Å². The second kappa shape index (κ2) is 7.00. The maximum Gasteiger partial charge on any atom is 0.242 e. The van der Waals surface area contributed by atoms with Gasteiger partial charge in [0.15, 0.2) is 5.96 Å². The van der Waals surface area contributed by atoms with Crippen LogP contribution in [0.25, 0.3) is 0 Å². The van der Waals surface area contributed by atoms with Crippen LogP contribution in [0, 0.1) is 0 Å². The molecule has 0 saturated heterocycles. The highest BCUT2D eigenvalue weighted by molar-refractivity contribution is 6.35. The number of carbonyl (C=O) groups excluding carboxylic acids is 1. The molecule has 0 aromatic heterocycles. The molecule has 1 amide bonds. The molecule has 7 heteroatoms. The monoisotopic (exact) mass is 328 g/mol. The number of guanidine groups is 1. The van der Waals surface area contributed by atoms with E-state index in [0.717, 1.165) is 18.4 Å². The van der Waals surface area contributed by atoms with Gasteiger partial charge in [-0.15, -0.1) is 0 Å². The molecule has 4 N–H and O–H groups in total. The Morgan fingerprint density at radius 2 is 2.19 bits per heavy atom.